The van der Waals surface area contributed by atoms with Gasteiger partial charge in [-0.3, -0.25) is 4.90 Å². The smallest absolute Gasteiger partial charge is 0.407 e. The van der Waals surface area contributed by atoms with E-state index in [0.29, 0.717) is 11.8 Å². The maximum absolute atomic E-state index is 15.0. The third kappa shape index (κ3) is 7.46. The Morgan fingerprint density at radius 2 is 1.78 bits per heavy atom. The summed E-state index contributed by atoms with van der Waals surface area (Å²) < 4.78 is 20.0. The third-order valence-electron chi connectivity index (χ3n) is 12.4. The molecule has 4 heterocycles. The molecular weight excluding hydrogens is 617 g/mol. The lowest BCUT2D eigenvalue weighted by Gasteiger charge is -2.54. The molecule has 0 bridgehead atoms. The minimum atomic E-state index is -0.366. The van der Waals surface area contributed by atoms with Crippen LogP contribution in [0.25, 0.3) is 0 Å². The number of hydrogen-bond donors (Lipinski definition) is 2. The lowest BCUT2D eigenvalue weighted by Crippen LogP contribution is -2.60. The Labute approximate surface area is 291 Å². The summed E-state index contributed by atoms with van der Waals surface area (Å²) in [6, 6.07) is 16.2. The van der Waals surface area contributed by atoms with E-state index in [0.717, 1.165) is 134 Å². The van der Waals surface area contributed by atoms with Gasteiger partial charge in [0.25, 0.3) is 0 Å². The summed E-state index contributed by atoms with van der Waals surface area (Å²) in [5, 5.41) is 16.4. The number of rotatable bonds is 11. The van der Waals surface area contributed by atoms with Gasteiger partial charge in [-0.05, 0) is 112 Å². The van der Waals surface area contributed by atoms with Gasteiger partial charge < -0.3 is 30.1 Å². The number of benzene rings is 2. The van der Waals surface area contributed by atoms with Crippen molar-refractivity contribution in [3.8, 4) is 6.07 Å². The Morgan fingerprint density at radius 3 is 2.47 bits per heavy atom. The van der Waals surface area contributed by atoms with Crippen LogP contribution in [-0.2, 0) is 16.7 Å². The number of carbonyl (C=O) groups excluding carboxylic acids is 1. The summed E-state index contributed by atoms with van der Waals surface area (Å²) in [7, 11) is 1.44. The zero-order valence-electron chi connectivity index (χ0n) is 29.2. The average Bonchev–Trinajstić information content (AvgIpc) is 3.55. The Balaban J connectivity index is 1.02. The maximum atomic E-state index is 15.0. The van der Waals surface area contributed by atoms with Crippen LogP contribution < -0.4 is 15.5 Å². The van der Waals surface area contributed by atoms with Crippen LogP contribution in [0.3, 0.4) is 0 Å². The SMILES string of the molecule is COC(=O)N[C@H]1CCC[C@@H]1C(CN1CCC1)(c1cccc(F)c1)C1CCN(CC2CN(c3ccc(C#N)c(CN4CCNCC4)c3)C2)CC1. The van der Waals surface area contributed by atoms with Crippen LogP contribution in [0.15, 0.2) is 42.5 Å². The molecule has 1 aliphatic carbocycles. The first kappa shape index (κ1) is 34.2. The molecule has 0 radical (unpaired) electrons. The molecule has 7 rings (SSSR count). The van der Waals surface area contributed by atoms with E-state index in [1.165, 1.54) is 19.2 Å². The second-order valence-electron chi connectivity index (χ2n) is 15.3. The molecule has 5 aliphatic rings. The number of nitrogens with zero attached hydrogens (tertiary/aromatic N) is 5. The van der Waals surface area contributed by atoms with Gasteiger partial charge in [0.1, 0.15) is 5.82 Å². The van der Waals surface area contributed by atoms with Crippen molar-refractivity contribution in [2.45, 2.75) is 56.5 Å². The molecule has 2 aromatic rings. The zero-order chi connectivity index (χ0) is 33.8. The number of methoxy groups -OCH3 is 1. The standard InChI is InChI=1S/C39H54FN7O2/c1-49-38(48)43-37-8-3-7-36(37)39(28-46-15-4-16-46,33-5-2-6-34(40)22-33)32-11-17-44(18-12-32)24-29-25-47(26-29)35-10-9-30(23-41)31(21-35)27-45-19-13-42-14-20-45/h2,5-6,9-10,21-22,29,32,36-37,42H,3-4,7-8,11-20,24-28H2,1H3,(H,43,48)/t36-,37-,39?/m0/s1. The van der Waals surface area contributed by atoms with E-state index in [9.17, 15) is 14.4 Å². The summed E-state index contributed by atoms with van der Waals surface area (Å²) in [6.07, 6.45) is 6.03. The minimum absolute atomic E-state index is 0.0237. The second-order valence-corrected chi connectivity index (χ2v) is 15.3. The van der Waals surface area contributed by atoms with E-state index >= 15 is 0 Å². The number of anilines is 1. The molecule has 5 fully saturated rings. The van der Waals surface area contributed by atoms with E-state index in [2.05, 4.69) is 54.5 Å². The van der Waals surface area contributed by atoms with Gasteiger partial charge in [0, 0.05) is 82.0 Å². The van der Waals surface area contributed by atoms with Crippen molar-refractivity contribution in [1.82, 2.24) is 25.3 Å². The van der Waals surface area contributed by atoms with Crippen LogP contribution in [0.1, 0.15) is 55.2 Å². The van der Waals surface area contributed by atoms with Gasteiger partial charge >= 0.3 is 6.09 Å². The molecule has 0 aromatic heterocycles. The first-order valence-corrected chi connectivity index (χ1v) is 18.7. The summed E-state index contributed by atoms with van der Waals surface area (Å²) in [5.41, 5.74) is 4.03. The first-order valence-electron chi connectivity index (χ1n) is 18.7. The van der Waals surface area contributed by atoms with Gasteiger partial charge in [-0.15, -0.1) is 0 Å². The number of alkyl carbamates (subject to hydrolysis) is 1. The highest BCUT2D eigenvalue weighted by Crippen LogP contribution is 2.51. The van der Waals surface area contributed by atoms with Crippen LogP contribution >= 0.6 is 0 Å². The molecule has 9 nitrogen and oxygen atoms in total. The van der Waals surface area contributed by atoms with Crippen LogP contribution in [0.5, 0.6) is 0 Å². The largest absolute Gasteiger partial charge is 0.453 e. The van der Waals surface area contributed by atoms with Crippen molar-refractivity contribution in [2.24, 2.45) is 17.8 Å². The molecule has 2 N–H and O–H groups in total. The van der Waals surface area contributed by atoms with Gasteiger partial charge in [-0.2, -0.15) is 5.26 Å². The van der Waals surface area contributed by atoms with Crippen LogP contribution in [0.2, 0.25) is 0 Å². The topological polar surface area (TPSA) is 87.1 Å². The van der Waals surface area contributed by atoms with E-state index < -0.39 is 0 Å². The van der Waals surface area contributed by atoms with Gasteiger partial charge in [0.2, 0.25) is 0 Å². The van der Waals surface area contributed by atoms with Gasteiger partial charge in [0.15, 0.2) is 0 Å². The highest BCUT2D eigenvalue weighted by molar-refractivity contribution is 5.67. The summed E-state index contributed by atoms with van der Waals surface area (Å²) in [6.45, 7) is 13.3. The Kier molecular flexibility index (Phi) is 10.7. The molecule has 2 aromatic carbocycles. The second kappa shape index (κ2) is 15.3. The fraction of sp³-hybridized carbons (Fsp3) is 0.641. The fourth-order valence-corrected chi connectivity index (χ4v) is 9.76. The molecule has 4 aliphatic heterocycles. The van der Waals surface area contributed by atoms with E-state index in [4.69, 9.17) is 4.74 Å². The highest BCUT2D eigenvalue weighted by atomic mass is 19.1. The number of amides is 1. The molecule has 0 spiro atoms. The molecule has 49 heavy (non-hydrogen) atoms. The number of ether oxygens (including phenoxy) is 1. The number of nitriles is 1. The normalized spacial score (nSPS) is 25.6. The van der Waals surface area contributed by atoms with E-state index in [-0.39, 0.29) is 29.3 Å². The molecule has 1 saturated carbocycles. The zero-order valence-corrected chi connectivity index (χ0v) is 29.2. The molecular formula is C39H54FN7O2. The van der Waals surface area contributed by atoms with Crippen LogP contribution in [0, 0.1) is 34.9 Å². The van der Waals surface area contributed by atoms with Crippen molar-refractivity contribution in [1.29, 1.82) is 5.26 Å². The van der Waals surface area contributed by atoms with Gasteiger partial charge in [0.05, 0.1) is 18.7 Å². The van der Waals surface area contributed by atoms with Gasteiger partial charge in [-0.1, -0.05) is 18.6 Å². The van der Waals surface area contributed by atoms with Crippen molar-refractivity contribution in [2.75, 3.05) is 90.5 Å². The van der Waals surface area contributed by atoms with Crippen LogP contribution in [0.4, 0.5) is 14.9 Å². The molecule has 1 amide bonds. The molecule has 1 unspecified atom stereocenters. The lowest BCUT2D eigenvalue weighted by molar-refractivity contribution is 0.0223. The number of carbonyl (C=O) groups is 1. The Hall–Kier alpha value is -3.23. The van der Waals surface area contributed by atoms with Gasteiger partial charge in [-0.25, -0.2) is 9.18 Å². The predicted molar refractivity (Wildman–Crippen MR) is 190 cm³/mol. The molecule has 4 saturated heterocycles. The quantitative estimate of drug-likeness (QED) is 0.364. The monoisotopic (exact) mass is 671 g/mol. The van der Waals surface area contributed by atoms with Crippen molar-refractivity contribution >= 4 is 11.8 Å². The number of nitrogens with one attached hydrogen (secondary N) is 2. The number of piperazine rings is 1. The Morgan fingerprint density at radius 1 is 0.980 bits per heavy atom. The average molecular weight is 672 g/mol. The fourth-order valence-electron chi connectivity index (χ4n) is 9.76. The predicted octanol–water partition coefficient (Wildman–Crippen LogP) is 4.42. The summed E-state index contributed by atoms with van der Waals surface area (Å²) in [4.78, 5) is 22.6. The highest BCUT2D eigenvalue weighted by Gasteiger charge is 2.53. The number of piperidine rings is 1. The van der Waals surface area contributed by atoms with E-state index in [1.807, 2.05) is 12.1 Å². The van der Waals surface area contributed by atoms with Crippen molar-refractivity contribution in [3.63, 3.8) is 0 Å². The lowest BCUT2D eigenvalue weighted by atomic mass is 9.57. The summed E-state index contributed by atoms with van der Waals surface area (Å²) >= 11 is 0. The number of likely N-dealkylation sites (tertiary alicyclic amines) is 2. The van der Waals surface area contributed by atoms with Crippen LogP contribution in [-0.4, -0.2) is 112 Å². The minimum Gasteiger partial charge on any atom is -0.453 e. The third-order valence-corrected chi connectivity index (χ3v) is 12.4. The molecule has 264 valence electrons. The molecule has 10 heteroatoms. The van der Waals surface area contributed by atoms with Crippen molar-refractivity contribution in [3.05, 3.63) is 65.0 Å². The maximum Gasteiger partial charge on any atom is 0.407 e. The van der Waals surface area contributed by atoms with E-state index in [1.54, 1.807) is 12.1 Å². The van der Waals surface area contributed by atoms with Crippen molar-refractivity contribution < 1.29 is 13.9 Å². The first-order chi connectivity index (χ1) is 23.9. The summed E-state index contributed by atoms with van der Waals surface area (Å²) in [5.74, 6) is 1.09. The Bertz CT molecular complexity index is 1480. The number of hydrogen-bond acceptors (Lipinski definition) is 8. The molecule has 3 atom stereocenters. The number of halogens is 1.